The van der Waals surface area contributed by atoms with E-state index in [1.807, 2.05) is 0 Å². The van der Waals surface area contributed by atoms with Gasteiger partial charge in [-0.1, -0.05) is 6.07 Å². The monoisotopic (exact) mass is 290 g/mol. The number of benzene rings is 1. The Morgan fingerprint density at radius 1 is 1.38 bits per heavy atom. The van der Waals surface area contributed by atoms with E-state index in [0.717, 1.165) is 18.7 Å². The molecule has 0 saturated heterocycles. The standard InChI is InChI=1S/C17H26N2O2/c1-12(8-17(20)18-2)19(3)11-15-9-13-6-5-7-14(13)10-16(15)21-4/h9-10,12H,5-8,11H2,1-4H3,(H,18,20)/t12-/m0/s1. The third-order valence-corrected chi connectivity index (χ3v) is 4.43. The number of ether oxygens (including phenoxy) is 1. The van der Waals surface area contributed by atoms with Crippen molar-refractivity contribution in [1.29, 1.82) is 0 Å². The van der Waals surface area contributed by atoms with Crippen molar-refractivity contribution in [2.24, 2.45) is 0 Å². The molecule has 1 N–H and O–H groups in total. The summed E-state index contributed by atoms with van der Waals surface area (Å²) in [5, 5.41) is 2.68. The fraction of sp³-hybridized carbons (Fsp3) is 0.588. The lowest BCUT2D eigenvalue weighted by Gasteiger charge is -2.25. The van der Waals surface area contributed by atoms with Gasteiger partial charge in [0, 0.05) is 31.6 Å². The van der Waals surface area contributed by atoms with Crippen molar-refractivity contribution in [3.8, 4) is 5.75 Å². The van der Waals surface area contributed by atoms with Crippen LogP contribution < -0.4 is 10.1 Å². The van der Waals surface area contributed by atoms with Crippen molar-refractivity contribution >= 4 is 5.91 Å². The van der Waals surface area contributed by atoms with Crippen LogP contribution in [0.4, 0.5) is 0 Å². The number of nitrogens with one attached hydrogen (secondary N) is 1. The number of rotatable bonds is 6. The first kappa shape index (κ1) is 15.8. The maximum absolute atomic E-state index is 11.5. The Labute approximate surface area is 127 Å². The predicted octanol–water partition coefficient (Wildman–Crippen LogP) is 2.14. The Kier molecular flexibility index (Phi) is 5.23. The number of aryl methyl sites for hydroxylation is 2. The molecule has 1 aliphatic rings. The number of amides is 1. The van der Waals surface area contributed by atoms with Crippen LogP contribution in [0.5, 0.6) is 5.75 Å². The van der Waals surface area contributed by atoms with Crippen LogP contribution in [-0.2, 0) is 24.2 Å². The molecule has 21 heavy (non-hydrogen) atoms. The molecule has 0 aliphatic heterocycles. The molecule has 0 heterocycles. The summed E-state index contributed by atoms with van der Waals surface area (Å²) in [5.74, 6) is 1.05. The molecule has 0 bridgehead atoms. The van der Waals surface area contributed by atoms with Crippen LogP contribution in [0.2, 0.25) is 0 Å². The van der Waals surface area contributed by atoms with Gasteiger partial charge < -0.3 is 10.1 Å². The van der Waals surface area contributed by atoms with Gasteiger partial charge in [-0.2, -0.15) is 0 Å². The largest absolute Gasteiger partial charge is 0.496 e. The van der Waals surface area contributed by atoms with Gasteiger partial charge in [0.05, 0.1) is 7.11 Å². The van der Waals surface area contributed by atoms with E-state index in [-0.39, 0.29) is 11.9 Å². The zero-order valence-corrected chi connectivity index (χ0v) is 13.5. The summed E-state index contributed by atoms with van der Waals surface area (Å²) in [7, 11) is 5.47. The highest BCUT2D eigenvalue weighted by Gasteiger charge is 2.18. The molecule has 2 rings (SSSR count). The summed E-state index contributed by atoms with van der Waals surface area (Å²) in [5.41, 5.74) is 4.10. The van der Waals surface area contributed by atoms with E-state index in [1.165, 1.54) is 29.5 Å². The molecule has 0 saturated carbocycles. The van der Waals surface area contributed by atoms with E-state index in [4.69, 9.17) is 4.74 Å². The number of carbonyl (C=O) groups excluding carboxylic acids is 1. The minimum Gasteiger partial charge on any atom is -0.496 e. The normalized spacial score (nSPS) is 14.9. The first-order valence-corrected chi connectivity index (χ1v) is 7.64. The van der Waals surface area contributed by atoms with Crippen molar-refractivity contribution < 1.29 is 9.53 Å². The maximum atomic E-state index is 11.5. The second kappa shape index (κ2) is 6.94. The van der Waals surface area contributed by atoms with Gasteiger partial charge in [0.1, 0.15) is 5.75 Å². The number of methoxy groups -OCH3 is 1. The first-order chi connectivity index (χ1) is 10.0. The SMILES string of the molecule is CNC(=O)C[C@H](C)N(C)Cc1cc2c(cc1OC)CCC2. The third kappa shape index (κ3) is 3.76. The summed E-state index contributed by atoms with van der Waals surface area (Å²) in [6.07, 6.45) is 4.09. The van der Waals surface area contributed by atoms with Crippen molar-refractivity contribution in [3.05, 3.63) is 28.8 Å². The van der Waals surface area contributed by atoms with E-state index in [2.05, 4.69) is 36.3 Å². The molecule has 0 fully saturated rings. The molecule has 1 aromatic carbocycles. The smallest absolute Gasteiger partial charge is 0.221 e. The minimum absolute atomic E-state index is 0.0790. The molecule has 1 amide bonds. The van der Waals surface area contributed by atoms with Gasteiger partial charge in [-0.15, -0.1) is 0 Å². The quantitative estimate of drug-likeness (QED) is 0.873. The number of hydrogen-bond acceptors (Lipinski definition) is 3. The summed E-state index contributed by atoms with van der Waals surface area (Å²) in [6.45, 7) is 2.88. The molecule has 0 aromatic heterocycles. The van der Waals surface area contributed by atoms with Crippen molar-refractivity contribution in [2.75, 3.05) is 21.2 Å². The Bertz CT molecular complexity index is 514. The topological polar surface area (TPSA) is 41.6 Å². The van der Waals surface area contributed by atoms with Crippen molar-refractivity contribution in [2.45, 2.75) is 45.2 Å². The predicted molar refractivity (Wildman–Crippen MR) is 84.6 cm³/mol. The Morgan fingerprint density at radius 2 is 2.05 bits per heavy atom. The van der Waals surface area contributed by atoms with Gasteiger partial charge in [0.25, 0.3) is 0 Å². The van der Waals surface area contributed by atoms with Crippen molar-refractivity contribution in [1.82, 2.24) is 10.2 Å². The third-order valence-electron chi connectivity index (χ3n) is 4.43. The lowest BCUT2D eigenvalue weighted by molar-refractivity contribution is -0.121. The fourth-order valence-corrected chi connectivity index (χ4v) is 2.92. The van der Waals surface area contributed by atoms with Crippen LogP contribution in [-0.4, -0.2) is 38.1 Å². The molecule has 1 atom stereocenters. The van der Waals surface area contributed by atoms with Gasteiger partial charge in [-0.3, -0.25) is 9.69 Å². The average molecular weight is 290 g/mol. The summed E-state index contributed by atoms with van der Waals surface area (Å²) >= 11 is 0. The zero-order valence-electron chi connectivity index (χ0n) is 13.5. The zero-order chi connectivity index (χ0) is 15.4. The van der Waals surface area contributed by atoms with Crippen LogP contribution in [0.25, 0.3) is 0 Å². The van der Waals surface area contributed by atoms with Crippen LogP contribution in [0.1, 0.15) is 36.5 Å². The number of carbonyl (C=O) groups is 1. The highest BCUT2D eigenvalue weighted by molar-refractivity contribution is 5.76. The Balaban J connectivity index is 2.09. The summed E-state index contributed by atoms with van der Waals surface area (Å²) in [4.78, 5) is 13.7. The molecule has 116 valence electrons. The molecule has 1 aliphatic carbocycles. The van der Waals surface area contributed by atoms with Gasteiger partial charge in [0.2, 0.25) is 5.91 Å². The number of fused-ring (bicyclic) bond motifs is 1. The van der Waals surface area contributed by atoms with Crippen molar-refractivity contribution in [3.63, 3.8) is 0 Å². The lowest BCUT2D eigenvalue weighted by Crippen LogP contribution is -2.33. The summed E-state index contributed by atoms with van der Waals surface area (Å²) < 4.78 is 5.55. The van der Waals surface area contributed by atoms with Crippen LogP contribution >= 0.6 is 0 Å². The molecule has 0 unspecified atom stereocenters. The molecule has 0 radical (unpaired) electrons. The molecular formula is C17H26N2O2. The Morgan fingerprint density at radius 3 is 2.67 bits per heavy atom. The molecule has 4 heteroatoms. The Hall–Kier alpha value is -1.55. The molecule has 0 spiro atoms. The van der Waals surface area contributed by atoms with Crippen LogP contribution in [0.15, 0.2) is 12.1 Å². The molecular weight excluding hydrogens is 264 g/mol. The average Bonchev–Trinajstić information content (AvgIpc) is 2.93. The van der Waals surface area contributed by atoms with Gasteiger partial charge in [0.15, 0.2) is 0 Å². The molecule has 1 aromatic rings. The van der Waals surface area contributed by atoms with Gasteiger partial charge >= 0.3 is 0 Å². The summed E-state index contributed by atoms with van der Waals surface area (Å²) in [6, 6.07) is 4.67. The van der Waals surface area contributed by atoms with E-state index in [1.54, 1.807) is 14.2 Å². The highest BCUT2D eigenvalue weighted by Crippen LogP contribution is 2.30. The first-order valence-electron chi connectivity index (χ1n) is 7.64. The van der Waals surface area contributed by atoms with E-state index in [9.17, 15) is 4.79 Å². The number of nitrogens with zero attached hydrogens (tertiary/aromatic N) is 1. The minimum atomic E-state index is 0.0790. The van der Waals surface area contributed by atoms with E-state index in [0.29, 0.717) is 6.42 Å². The number of hydrogen-bond donors (Lipinski definition) is 1. The van der Waals surface area contributed by atoms with Gasteiger partial charge in [-0.05, 0) is 50.4 Å². The fourth-order valence-electron chi connectivity index (χ4n) is 2.92. The maximum Gasteiger partial charge on any atom is 0.221 e. The highest BCUT2D eigenvalue weighted by atomic mass is 16.5. The van der Waals surface area contributed by atoms with E-state index < -0.39 is 0 Å². The molecule has 4 nitrogen and oxygen atoms in total. The van der Waals surface area contributed by atoms with Gasteiger partial charge in [-0.25, -0.2) is 0 Å². The van der Waals surface area contributed by atoms with Crippen LogP contribution in [0, 0.1) is 0 Å². The second-order valence-electron chi connectivity index (χ2n) is 5.93. The van der Waals surface area contributed by atoms with E-state index >= 15 is 0 Å². The lowest BCUT2D eigenvalue weighted by atomic mass is 10.0. The second-order valence-corrected chi connectivity index (χ2v) is 5.93. The van der Waals surface area contributed by atoms with Crippen LogP contribution in [0.3, 0.4) is 0 Å².